The lowest BCUT2D eigenvalue weighted by molar-refractivity contribution is 0.0941. The minimum atomic E-state index is -0.252. The van der Waals surface area contributed by atoms with Crippen LogP contribution in [-0.4, -0.2) is 22.2 Å². The number of hydrogen-bond donors (Lipinski definition) is 1. The number of benzene rings is 1. The number of hydrogen-bond acceptors (Lipinski definition) is 2. The van der Waals surface area contributed by atoms with Gasteiger partial charge in [0.15, 0.2) is 0 Å². The predicted molar refractivity (Wildman–Crippen MR) is 79.8 cm³/mol. The molecule has 1 heterocycles. The molecule has 0 spiro atoms. The summed E-state index contributed by atoms with van der Waals surface area (Å²) in [6.45, 7) is 6.97. The van der Waals surface area contributed by atoms with Crippen molar-refractivity contribution in [3.05, 3.63) is 53.1 Å². The Morgan fingerprint density at radius 1 is 1.38 bits per heavy atom. The zero-order valence-corrected chi connectivity index (χ0v) is 12.6. The smallest absolute Gasteiger partial charge is 0.269 e. The molecule has 1 atom stereocenters. The molecule has 0 aliphatic rings. The molecule has 0 saturated carbocycles. The van der Waals surface area contributed by atoms with Crippen LogP contribution in [0.25, 0.3) is 0 Å². The molecule has 112 valence electrons. The highest BCUT2D eigenvalue weighted by Gasteiger charge is 2.14. The van der Waals surface area contributed by atoms with E-state index in [2.05, 4.69) is 10.4 Å². The summed E-state index contributed by atoms with van der Waals surface area (Å²) < 4.78 is 14.6. The minimum Gasteiger partial charge on any atom is -0.350 e. The van der Waals surface area contributed by atoms with Gasteiger partial charge in [0.05, 0.1) is 5.69 Å². The van der Waals surface area contributed by atoms with Crippen LogP contribution in [0, 0.1) is 12.7 Å². The lowest BCUT2D eigenvalue weighted by Crippen LogP contribution is -2.29. The van der Waals surface area contributed by atoms with Crippen molar-refractivity contribution >= 4 is 5.91 Å². The predicted octanol–water partition coefficient (Wildman–Crippen LogP) is 2.88. The van der Waals surface area contributed by atoms with Crippen LogP contribution in [0.2, 0.25) is 0 Å². The zero-order chi connectivity index (χ0) is 15.4. The highest BCUT2D eigenvalue weighted by molar-refractivity contribution is 5.92. The first-order valence-electron chi connectivity index (χ1n) is 7.09. The number of halogens is 1. The van der Waals surface area contributed by atoms with E-state index in [0.717, 1.165) is 11.3 Å². The fourth-order valence-electron chi connectivity index (χ4n) is 2.21. The largest absolute Gasteiger partial charge is 0.350 e. The topological polar surface area (TPSA) is 46.9 Å². The molecule has 1 aromatic carbocycles. The lowest BCUT2D eigenvalue weighted by atomic mass is 10.0. The van der Waals surface area contributed by atoms with Crippen LogP contribution >= 0.6 is 0 Å². The molecule has 5 heteroatoms. The molecule has 0 fully saturated rings. The van der Waals surface area contributed by atoms with Crippen molar-refractivity contribution in [2.24, 2.45) is 0 Å². The first-order chi connectivity index (χ1) is 10.0. The fraction of sp³-hybridized carbons (Fsp3) is 0.375. The van der Waals surface area contributed by atoms with Crippen molar-refractivity contribution in [3.63, 3.8) is 0 Å². The van der Waals surface area contributed by atoms with E-state index in [4.69, 9.17) is 0 Å². The number of amides is 1. The van der Waals surface area contributed by atoms with Crippen LogP contribution in [0.5, 0.6) is 0 Å². The van der Waals surface area contributed by atoms with Gasteiger partial charge in [-0.25, -0.2) is 4.39 Å². The van der Waals surface area contributed by atoms with Gasteiger partial charge in [0.1, 0.15) is 11.5 Å². The number of rotatable bonds is 5. The number of nitrogens with zero attached hydrogens (tertiary/aromatic N) is 2. The fourth-order valence-corrected chi connectivity index (χ4v) is 2.21. The Bertz CT molecular complexity index is 619. The van der Waals surface area contributed by atoms with Crippen LogP contribution in [-0.2, 0) is 6.54 Å². The summed E-state index contributed by atoms with van der Waals surface area (Å²) in [6, 6.07) is 8.13. The minimum absolute atomic E-state index is 0.119. The monoisotopic (exact) mass is 289 g/mol. The van der Waals surface area contributed by atoms with Crippen LogP contribution in [0.4, 0.5) is 4.39 Å². The van der Waals surface area contributed by atoms with Crippen LogP contribution in [0.15, 0.2) is 30.3 Å². The quantitative estimate of drug-likeness (QED) is 0.920. The van der Waals surface area contributed by atoms with E-state index in [0.29, 0.717) is 18.8 Å². The van der Waals surface area contributed by atoms with E-state index in [1.165, 1.54) is 12.1 Å². The van der Waals surface area contributed by atoms with Gasteiger partial charge in [-0.15, -0.1) is 0 Å². The molecule has 1 amide bonds. The molecule has 0 radical (unpaired) electrons. The van der Waals surface area contributed by atoms with E-state index < -0.39 is 0 Å². The lowest BCUT2D eigenvalue weighted by Gasteiger charge is -2.13. The number of aromatic nitrogens is 2. The highest BCUT2D eigenvalue weighted by Crippen LogP contribution is 2.15. The van der Waals surface area contributed by atoms with Crippen molar-refractivity contribution in [2.45, 2.75) is 33.2 Å². The van der Waals surface area contributed by atoms with Gasteiger partial charge in [-0.1, -0.05) is 19.1 Å². The average Bonchev–Trinajstić information content (AvgIpc) is 2.86. The van der Waals surface area contributed by atoms with Crippen molar-refractivity contribution < 1.29 is 9.18 Å². The maximum Gasteiger partial charge on any atom is 0.269 e. The molecule has 0 saturated heterocycles. The van der Waals surface area contributed by atoms with Gasteiger partial charge >= 0.3 is 0 Å². The van der Waals surface area contributed by atoms with E-state index in [9.17, 15) is 9.18 Å². The molecule has 0 aliphatic carbocycles. The van der Waals surface area contributed by atoms with Crippen molar-refractivity contribution in [3.8, 4) is 0 Å². The summed E-state index contributed by atoms with van der Waals surface area (Å²) in [7, 11) is 0. The van der Waals surface area contributed by atoms with Gasteiger partial charge in [-0.05, 0) is 43.5 Å². The molecule has 21 heavy (non-hydrogen) atoms. The zero-order valence-electron chi connectivity index (χ0n) is 12.6. The maximum absolute atomic E-state index is 12.9. The third-order valence-corrected chi connectivity index (χ3v) is 3.44. The van der Waals surface area contributed by atoms with E-state index in [-0.39, 0.29) is 17.6 Å². The summed E-state index contributed by atoms with van der Waals surface area (Å²) in [5.41, 5.74) is 2.40. The van der Waals surface area contributed by atoms with Gasteiger partial charge in [0.25, 0.3) is 5.91 Å². The van der Waals surface area contributed by atoms with Crippen molar-refractivity contribution in [1.82, 2.24) is 15.1 Å². The van der Waals surface area contributed by atoms with E-state index in [1.807, 2.05) is 20.8 Å². The molecule has 1 N–H and O–H groups in total. The Morgan fingerprint density at radius 2 is 2.05 bits per heavy atom. The van der Waals surface area contributed by atoms with E-state index in [1.54, 1.807) is 22.9 Å². The summed E-state index contributed by atoms with van der Waals surface area (Å²) in [5, 5.41) is 7.17. The summed E-state index contributed by atoms with van der Waals surface area (Å²) >= 11 is 0. The molecule has 2 aromatic rings. The highest BCUT2D eigenvalue weighted by atomic mass is 19.1. The Hall–Kier alpha value is -2.17. The Labute approximate surface area is 124 Å². The summed E-state index contributed by atoms with van der Waals surface area (Å²) in [5.74, 6) is -0.266. The van der Waals surface area contributed by atoms with Gasteiger partial charge in [0, 0.05) is 13.1 Å². The van der Waals surface area contributed by atoms with Crippen molar-refractivity contribution in [1.29, 1.82) is 0 Å². The molecule has 2 rings (SSSR count). The standard InChI is InChI=1S/C16H20FN3O/c1-4-20-15(9-12(3)19-20)16(21)18-10-11(2)13-5-7-14(17)8-6-13/h5-9,11H,4,10H2,1-3H3,(H,18,21). The number of nitrogens with one attached hydrogen (secondary N) is 1. The Morgan fingerprint density at radius 3 is 2.67 bits per heavy atom. The molecule has 0 bridgehead atoms. The Balaban J connectivity index is 1.98. The second-order valence-corrected chi connectivity index (χ2v) is 5.15. The third-order valence-electron chi connectivity index (χ3n) is 3.44. The van der Waals surface area contributed by atoms with Crippen molar-refractivity contribution in [2.75, 3.05) is 6.54 Å². The first kappa shape index (κ1) is 15.2. The second kappa shape index (κ2) is 6.52. The molecule has 1 unspecified atom stereocenters. The van der Waals surface area contributed by atoms with Crippen LogP contribution < -0.4 is 5.32 Å². The summed E-state index contributed by atoms with van der Waals surface area (Å²) in [6.07, 6.45) is 0. The molecule has 4 nitrogen and oxygen atoms in total. The summed E-state index contributed by atoms with van der Waals surface area (Å²) in [4.78, 5) is 12.2. The van der Waals surface area contributed by atoms with Gasteiger partial charge < -0.3 is 5.32 Å². The second-order valence-electron chi connectivity index (χ2n) is 5.15. The molecule has 1 aromatic heterocycles. The molecule has 0 aliphatic heterocycles. The molecular weight excluding hydrogens is 269 g/mol. The first-order valence-corrected chi connectivity index (χ1v) is 7.09. The third kappa shape index (κ3) is 3.68. The SMILES string of the molecule is CCn1nc(C)cc1C(=O)NCC(C)c1ccc(F)cc1. The van der Waals surface area contributed by atoms with Gasteiger partial charge in [-0.3, -0.25) is 9.48 Å². The van der Waals surface area contributed by atoms with E-state index >= 15 is 0 Å². The normalized spacial score (nSPS) is 12.2. The average molecular weight is 289 g/mol. The maximum atomic E-state index is 12.9. The Kier molecular flexibility index (Phi) is 4.73. The number of carbonyl (C=O) groups excluding carboxylic acids is 1. The molecular formula is C16H20FN3O. The van der Waals surface area contributed by atoms with Gasteiger partial charge in [0.2, 0.25) is 0 Å². The van der Waals surface area contributed by atoms with Gasteiger partial charge in [-0.2, -0.15) is 5.10 Å². The number of aryl methyl sites for hydroxylation is 2. The van der Waals surface area contributed by atoms with Crippen LogP contribution in [0.3, 0.4) is 0 Å². The number of carbonyl (C=O) groups is 1. The van der Waals surface area contributed by atoms with Crippen LogP contribution in [0.1, 0.15) is 41.5 Å².